The third kappa shape index (κ3) is 3.98. The van der Waals surface area contributed by atoms with Crippen molar-refractivity contribution in [3.8, 4) is 5.75 Å². The molecule has 0 atom stereocenters. The van der Waals surface area contributed by atoms with Crippen molar-refractivity contribution in [3.63, 3.8) is 0 Å². The summed E-state index contributed by atoms with van der Waals surface area (Å²) in [6, 6.07) is 12.7. The van der Waals surface area contributed by atoms with Gasteiger partial charge < -0.3 is 10.1 Å². The van der Waals surface area contributed by atoms with E-state index in [0.717, 1.165) is 29.1 Å². The van der Waals surface area contributed by atoms with Gasteiger partial charge in [-0.15, -0.1) is 0 Å². The smallest absolute Gasteiger partial charge is 0.326 e. The molecule has 1 fully saturated rings. The number of nitrogens with one attached hydrogen (secondary N) is 2. The third-order valence-electron chi connectivity index (χ3n) is 3.48. The van der Waals surface area contributed by atoms with E-state index in [1.165, 1.54) is 0 Å². The maximum Gasteiger partial charge on any atom is 0.326 e. The molecule has 6 nitrogen and oxygen atoms in total. The molecular formula is C18H17N3O3. The number of carbonyl (C=O) groups is 2. The maximum absolute atomic E-state index is 11.5. The van der Waals surface area contributed by atoms with Gasteiger partial charge in [0, 0.05) is 17.8 Å². The Hall–Kier alpha value is -3.15. The molecule has 24 heavy (non-hydrogen) atoms. The Balaban J connectivity index is 1.56. The zero-order chi connectivity index (χ0) is 16.9. The zero-order valence-electron chi connectivity index (χ0n) is 13.2. The van der Waals surface area contributed by atoms with E-state index in [1.54, 1.807) is 6.08 Å². The van der Waals surface area contributed by atoms with Crippen LogP contribution in [0.2, 0.25) is 0 Å². The van der Waals surface area contributed by atoms with Crippen LogP contribution in [0.4, 0.5) is 4.79 Å². The van der Waals surface area contributed by atoms with Crippen molar-refractivity contribution in [2.45, 2.75) is 13.3 Å². The summed E-state index contributed by atoms with van der Waals surface area (Å²) >= 11 is 0. The van der Waals surface area contributed by atoms with Crippen LogP contribution < -0.4 is 15.4 Å². The lowest BCUT2D eigenvalue weighted by atomic mass is 10.2. The first-order valence-electron chi connectivity index (χ1n) is 7.59. The minimum Gasteiger partial charge on any atom is -0.493 e. The Morgan fingerprint density at radius 1 is 1.08 bits per heavy atom. The number of aryl methyl sites for hydroxylation is 1. The van der Waals surface area contributed by atoms with E-state index in [1.807, 2.05) is 49.4 Å². The van der Waals surface area contributed by atoms with Crippen LogP contribution in [0.15, 0.2) is 48.2 Å². The fourth-order valence-electron chi connectivity index (χ4n) is 2.32. The highest BCUT2D eigenvalue weighted by Crippen LogP contribution is 2.15. The number of pyridine rings is 1. The Morgan fingerprint density at radius 2 is 1.88 bits per heavy atom. The SMILES string of the molecule is Cc1cccc(CCOc2ccc(/C=C3\NC(=O)NC3=O)cc2)n1. The van der Waals surface area contributed by atoms with Crippen molar-refractivity contribution in [1.82, 2.24) is 15.6 Å². The Bertz CT molecular complexity index is 797. The maximum atomic E-state index is 11.5. The van der Waals surface area contributed by atoms with E-state index in [2.05, 4.69) is 15.6 Å². The van der Waals surface area contributed by atoms with Crippen LogP contribution in [0, 0.1) is 6.92 Å². The summed E-state index contributed by atoms with van der Waals surface area (Å²) in [5.41, 5.74) is 3.03. The first kappa shape index (κ1) is 15.7. The molecule has 1 aliphatic rings. The molecule has 0 aliphatic carbocycles. The van der Waals surface area contributed by atoms with Gasteiger partial charge in [-0.3, -0.25) is 15.1 Å². The predicted molar refractivity (Wildman–Crippen MR) is 89.3 cm³/mol. The number of amides is 3. The number of urea groups is 1. The van der Waals surface area contributed by atoms with Gasteiger partial charge in [-0.2, -0.15) is 0 Å². The number of benzene rings is 1. The van der Waals surface area contributed by atoms with Crippen molar-refractivity contribution in [3.05, 3.63) is 65.1 Å². The Morgan fingerprint density at radius 3 is 2.54 bits per heavy atom. The van der Waals surface area contributed by atoms with Crippen LogP contribution >= 0.6 is 0 Å². The largest absolute Gasteiger partial charge is 0.493 e. The van der Waals surface area contributed by atoms with Crippen LogP contribution in [0.5, 0.6) is 5.75 Å². The number of carbonyl (C=O) groups excluding carboxylic acids is 2. The second-order valence-corrected chi connectivity index (χ2v) is 5.40. The lowest BCUT2D eigenvalue weighted by Gasteiger charge is -2.07. The molecule has 2 aromatic rings. The Labute approximate surface area is 139 Å². The summed E-state index contributed by atoms with van der Waals surface area (Å²) in [6.07, 6.45) is 2.35. The highest BCUT2D eigenvalue weighted by Gasteiger charge is 2.22. The van der Waals surface area contributed by atoms with Gasteiger partial charge in [0.25, 0.3) is 5.91 Å². The zero-order valence-corrected chi connectivity index (χ0v) is 13.2. The molecule has 0 saturated carbocycles. The molecule has 1 aliphatic heterocycles. The van der Waals surface area contributed by atoms with Crippen molar-refractivity contribution < 1.29 is 14.3 Å². The monoisotopic (exact) mass is 323 g/mol. The molecule has 0 unspecified atom stereocenters. The average Bonchev–Trinajstić information content (AvgIpc) is 2.87. The summed E-state index contributed by atoms with van der Waals surface area (Å²) in [5.74, 6) is 0.315. The van der Waals surface area contributed by atoms with Gasteiger partial charge in [0.05, 0.1) is 6.61 Å². The minimum atomic E-state index is -0.504. The molecule has 1 aromatic heterocycles. The molecular weight excluding hydrogens is 306 g/mol. The molecule has 1 aromatic carbocycles. The van der Waals surface area contributed by atoms with Gasteiger partial charge in [-0.25, -0.2) is 4.79 Å². The Kier molecular flexibility index (Phi) is 4.56. The summed E-state index contributed by atoms with van der Waals surface area (Å²) in [6.45, 7) is 2.50. The average molecular weight is 323 g/mol. The van der Waals surface area contributed by atoms with Crippen molar-refractivity contribution in [2.24, 2.45) is 0 Å². The van der Waals surface area contributed by atoms with Gasteiger partial charge in [0.2, 0.25) is 0 Å². The van der Waals surface area contributed by atoms with E-state index in [0.29, 0.717) is 6.61 Å². The summed E-state index contributed by atoms with van der Waals surface area (Å²) in [5, 5.41) is 4.61. The van der Waals surface area contributed by atoms with Crippen molar-refractivity contribution in [2.75, 3.05) is 6.61 Å². The number of aromatic nitrogens is 1. The van der Waals surface area contributed by atoms with Crippen LogP contribution in [0.1, 0.15) is 17.0 Å². The molecule has 6 heteroatoms. The molecule has 2 heterocycles. The van der Waals surface area contributed by atoms with Crippen LogP contribution in [-0.4, -0.2) is 23.5 Å². The van der Waals surface area contributed by atoms with Crippen LogP contribution in [0.25, 0.3) is 6.08 Å². The molecule has 3 rings (SSSR count). The lowest BCUT2D eigenvalue weighted by Crippen LogP contribution is -2.22. The number of hydrogen-bond acceptors (Lipinski definition) is 4. The van der Waals surface area contributed by atoms with E-state index in [9.17, 15) is 9.59 Å². The van der Waals surface area contributed by atoms with Crippen LogP contribution in [-0.2, 0) is 11.2 Å². The molecule has 0 radical (unpaired) electrons. The van der Waals surface area contributed by atoms with Crippen LogP contribution in [0.3, 0.4) is 0 Å². The first-order valence-corrected chi connectivity index (χ1v) is 7.59. The van der Waals surface area contributed by atoms with E-state index in [-0.39, 0.29) is 5.70 Å². The van der Waals surface area contributed by atoms with E-state index in [4.69, 9.17) is 4.74 Å². The number of nitrogens with zero attached hydrogens (tertiary/aromatic N) is 1. The standard InChI is InChI=1S/C18H17N3O3/c1-12-3-2-4-14(19-12)9-10-24-15-7-5-13(6-8-15)11-16-17(22)21-18(23)20-16/h2-8,11H,9-10H2,1H3,(H2,20,21,22,23)/b16-11-. The van der Waals surface area contributed by atoms with Gasteiger partial charge in [-0.1, -0.05) is 18.2 Å². The minimum absolute atomic E-state index is 0.235. The van der Waals surface area contributed by atoms with Gasteiger partial charge in [0.1, 0.15) is 11.4 Å². The molecule has 3 amide bonds. The molecule has 122 valence electrons. The predicted octanol–water partition coefficient (Wildman–Crippen LogP) is 2.19. The van der Waals surface area contributed by atoms with Gasteiger partial charge in [0.15, 0.2) is 0 Å². The lowest BCUT2D eigenvalue weighted by molar-refractivity contribution is -0.115. The molecule has 1 saturated heterocycles. The summed E-state index contributed by atoms with van der Waals surface area (Å²) < 4.78 is 5.70. The molecule has 0 bridgehead atoms. The normalized spacial score (nSPS) is 15.3. The highest BCUT2D eigenvalue weighted by molar-refractivity contribution is 6.13. The molecule has 0 spiro atoms. The van der Waals surface area contributed by atoms with E-state index >= 15 is 0 Å². The topological polar surface area (TPSA) is 80.3 Å². The van der Waals surface area contributed by atoms with Gasteiger partial charge >= 0.3 is 6.03 Å². The summed E-state index contributed by atoms with van der Waals surface area (Å²) in [4.78, 5) is 26.9. The fourth-order valence-corrected chi connectivity index (χ4v) is 2.32. The number of hydrogen-bond donors (Lipinski definition) is 2. The third-order valence-corrected chi connectivity index (χ3v) is 3.48. The molecule has 2 N–H and O–H groups in total. The highest BCUT2D eigenvalue weighted by atomic mass is 16.5. The second kappa shape index (κ2) is 6.95. The number of imide groups is 1. The summed E-state index contributed by atoms with van der Waals surface area (Å²) in [7, 11) is 0. The van der Waals surface area contributed by atoms with E-state index < -0.39 is 11.9 Å². The fraction of sp³-hybridized carbons (Fsp3) is 0.167. The van der Waals surface area contributed by atoms with Crippen molar-refractivity contribution >= 4 is 18.0 Å². The van der Waals surface area contributed by atoms with Crippen molar-refractivity contribution in [1.29, 1.82) is 0 Å². The quantitative estimate of drug-likeness (QED) is 0.653. The number of ether oxygens (including phenoxy) is 1. The first-order chi connectivity index (χ1) is 11.6. The number of rotatable bonds is 5. The second-order valence-electron chi connectivity index (χ2n) is 5.40. The van der Waals surface area contributed by atoms with Gasteiger partial charge in [-0.05, 0) is 42.8 Å².